The normalized spacial score (nSPS) is 10.2. The highest BCUT2D eigenvalue weighted by atomic mass is 16.5. The van der Waals surface area contributed by atoms with Gasteiger partial charge in [0, 0.05) is 38.0 Å². The molecule has 2 rings (SSSR count). The lowest BCUT2D eigenvalue weighted by Crippen LogP contribution is -2.21. The Morgan fingerprint density at radius 1 is 0.920 bits per heavy atom. The van der Waals surface area contributed by atoms with Gasteiger partial charge < -0.3 is 19.7 Å². The molecule has 0 aliphatic carbocycles. The van der Waals surface area contributed by atoms with Crippen molar-refractivity contribution in [3.8, 4) is 5.75 Å². The second-order valence-corrected chi connectivity index (χ2v) is 5.60. The van der Waals surface area contributed by atoms with Gasteiger partial charge in [-0.25, -0.2) is 0 Å². The molecule has 0 radical (unpaired) electrons. The maximum Gasteiger partial charge on any atom is 0.255 e. The van der Waals surface area contributed by atoms with Gasteiger partial charge >= 0.3 is 0 Å². The van der Waals surface area contributed by atoms with Crippen LogP contribution in [-0.4, -0.2) is 51.1 Å². The van der Waals surface area contributed by atoms with Gasteiger partial charge in [0.1, 0.15) is 12.4 Å². The van der Waals surface area contributed by atoms with E-state index in [0.29, 0.717) is 35.8 Å². The molecule has 6 nitrogen and oxygen atoms in total. The van der Waals surface area contributed by atoms with Gasteiger partial charge in [-0.3, -0.25) is 9.59 Å². The Hall–Kier alpha value is -2.86. The minimum Gasteiger partial charge on any atom is -0.491 e. The van der Waals surface area contributed by atoms with Crippen molar-refractivity contribution in [3.63, 3.8) is 0 Å². The van der Waals surface area contributed by atoms with Gasteiger partial charge in [-0.05, 0) is 48.5 Å². The lowest BCUT2D eigenvalue weighted by Gasteiger charge is -2.11. The average molecular weight is 342 g/mol. The molecule has 0 spiro atoms. The maximum absolute atomic E-state index is 12.3. The zero-order valence-electron chi connectivity index (χ0n) is 14.6. The predicted molar refractivity (Wildman–Crippen MR) is 96.2 cm³/mol. The topological polar surface area (TPSA) is 67.9 Å². The largest absolute Gasteiger partial charge is 0.491 e. The van der Waals surface area contributed by atoms with Gasteiger partial charge in [0.2, 0.25) is 0 Å². The quantitative estimate of drug-likeness (QED) is 0.786. The highest BCUT2D eigenvalue weighted by Gasteiger charge is 2.09. The van der Waals surface area contributed by atoms with Gasteiger partial charge in [0.15, 0.2) is 0 Å². The van der Waals surface area contributed by atoms with Crippen molar-refractivity contribution >= 4 is 17.5 Å². The highest BCUT2D eigenvalue weighted by molar-refractivity contribution is 6.04. The van der Waals surface area contributed by atoms with Crippen LogP contribution in [0.2, 0.25) is 0 Å². The Morgan fingerprint density at radius 3 is 2.08 bits per heavy atom. The van der Waals surface area contributed by atoms with Crippen molar-refractivity contribution in [2.75, 3.05) is 39.7 Å². The van der Waals surface area contributed by atoms with E-state index in [9.17, 15) is 9.59 Å². The van der Waals surface area contributed by atoms with Gasteiger partial charge in [-0.15, -0.1) is 0 Å². The van der Waals surface area contributed by atoms with Crippen LogP contribution in [0.4, 0.5) is 5.69 Å². The molecule has 0 unspecified atom stereocenters. The number of hydrogen-bond acceptors (Lipinski definition) is 4. The third-order valence-corrected chi connectivity index (χ3v) is 3.47. The zero-order valence-corrected chi connectivity index (χ0v) is 14.6. The lowest BCUT2D eigenvalue weighted by molar-refractivity contribution is 0.0827. The van der Waals surface area contributed by atoms with Crippen LogP contribution in [0.25, 0.3) is 0 Å². The van der Waals surface area contributed by atoms with E-state index in [1.165, 1.54) is 4.90 Å². The van der Waals surface area contributed by atoms with Gasteiger partial charge in [-0.1, -0.05) is 0 Å². The van der Waals surface area contributed by atoms with Crippen LogP contribution >= 0.6 is 0 Å². The molecule has 0 saturated carbocycles. The third-order valence-electron chi connectivity index (χ3n) is 3.47. The Morgan fingerprint density at radius 2 is 1.52 bits per heavy atom. The van der Waals surface area contributed by atoms with E-state index >= 15 is 0 Å². The van der Waals surface area contributed by atoms with Crippen LogP contribution in [0, 0.1) is 0 Å². The number of benzene rings is 2. The molecule has 0 heterocycles. The first kappa shape index (κ1) is 18.5. The highest BCUT2D eigenvalue weighted by Crippen LogP contribution is 2.15. The summed E-state index contributed by atoms with van der Waals surface area (Å²) in [4.78, 5) is 25.6. The molecule has 6 heteroatoms. The summed E-state index contributed by atoms with van der Waals surface area (Å²) < 4.78 is 10.4. The van der Waals surface area contributed by atoms with Crippen molar-refractivity contribution in [1.29, 1.82) is 0 Å². The Balaban J connectivity index is 1.96. The van der Waals surface area contributed by atoms with Crippen LogP contribution in [0.5, 0.6) is 5.75 Å². The smallest absolute Gasteiger partial charge is 0.255 e. The minimum atomic E-state index is -0.227. The van der Waals surface area contributed by atoms with E-state index in [-0.39, 0.29) is 11.8 Å². The van der Waals surface area contributed by atoms with Crippen molar-refractivity contribution < 1.29 is 19.1 Å². The minimum absolute atomic E-state index is 0.0815. The maximum atomic E-state index is 12.3. The summed E-state index contributed by atoms with van der Waals surface area (Å²) >= 11 is 0. The summed E-state index contributed by atoms with van der Waals surface area (Å²) in [5.74, 6) is 0.372. The SMILES string of the molecule is COCCOc1ccc(C(=O)Nc2ccc(C(=O)N(C)C)cc2)cc1. The third kappa shape index (κ3) is 5.32. The van der Waals surface area contributed by atoms with Gasteiger partial charge in [0.25, 0.3) is 11.8 Å². The first-order valence-electron chi connectivity index (χ1n) is 7.86. The van der Waals surface area contributed by atoms with E-state index in [1.807, 2.05) is 0 Å². The van der Waals surface area contributed by atoms with E-state index in [2.05, 4.69) is 5.32 Å². The molecule has 1 N–H and O–H groups in total. The number of hydrogen-bond donors (Lipinski definition) is 1. The summed E-state index contributed by atoms with van der Waals surface area (Å²) in [7, 11) is 5.00. The summed E-state index contributed by atoms with van der Waals surface area (Å²) in [5.41, 5.74) is 1.72. The van der Waals surface area contributed by atoms with Gasteiger partial charge in [0.05, 0.1) is 6.61 Å². The van der Waals surface area contributed by atoms with Crippen LogP contribution in [0.1, 0.15) is 20.7 Å². The van der Waals surface area contributed by atoms with Crippen LogP contribution in [0.3, 0.4) is 0 Å². The average Bonchev–Trinajstić information content (AvgIpc) is 2.62. The molecule has 0 atom stereocenters. The van der Waals surface area contributed by atoms with Crippen molar-refractivity contribution in [2.45, 2.75) is 0 Å². The Labute approximate surface area is 147 Å². The summed E-state index contributed by atoms with van der Waals surface area (Å²) in [6, 6.07) is 13.7. The number of carbonyl (C=O) groups is 2. The number of anilines is 1. The standard InChI is InChI=1S/C19H22N2O4/c1-21(2)19(23)15-4-8-16(9-5-15)20-18(22)14-6-10-17(11-7-14)25-13-12-24-3/h4-11H,12-13H2,1-3H3,(H,20,22). The summed E-state index contributed by atoms with van der Waals surface area (Å²) in [6.07, 6.45) is 0. The number of methoxy groups -OCH3 is 1. The molecule has 0 fully saturated rings. The molecule has 0 bridgehead atoms. The molecule has 2 aromatic rings. The van der Waals surface area contributed by atoms with Crippen molar-refractivity contribution in [2.24, 2.45) is 0 Å². The van der Waals surface area contributed by atoms with Crippen LogP contribution in [0.15, 0.2) is 48.5 Å². The van der Waals surface area contributed by atoms with Crippen LogP contribution < -0.4 is 10.1 Å². The second kappa shape index (κ2) is 8.84. The Kier molecular flexibility index (Phi) is 6.54. The molecule has 0 aromatic heterocycles. The molecular weight excluding hydrogens is 320 g/mol. The van der Waals surface area contributed by atoms with E-state index in [4.69, 9.17) is 9.47 Å². The van der Waals surface area contributed by atoms with E-state index in [1.54, 1.807) is 69.7 Å². The van der Waals surface area contributed by atoms with Gasteiger partial charge in [-0.2, -0.15) is 0 Å². The van der Waals surface area contributed by atoms with E-state index in [0.717, 1.165) is 0 Å². The molecule has 132 valence electrons. The fraction of sp³-hybridized carbons (Fsp3) is 0.263. The summed E-state index contributed by atoms with van der Waals surface area (Å²) in [6.45, 7) is 0.967. The number of ether oxygens (including phenoxy) is 2. The first-order chi connectivity index (χ1) is 12.0. The Bertz CT molecular complexity index is 709. The molecular formula is C19H22N2O4. The summed E-state index contributed by atoms with van der Waals surface area (Å²) in [5, 5.41) is 2.80. The molecule has 2 aromatic carbocycles. The molecule has 0 saturated heterocycles. The number of carbonyl (C=O) groups excluding carboxylic acids is 2. The molecule has 25 heavy (non-hydrogen) atoms. The zero-order chi connectivity index (χ0) is 18.2. The first-order valence-corrected chi connectivity index (χ1v) is 7.86. The van der Waals surface area contributed by atoms with Crippen molar-refractivity contribution in [1.82, 2.24) is 4.90 Å². The number of nitrogens with one attached hydrogen (secondary N) is 1. The van der Waals surface area contributed by atoms with Crippen LogP contribution in [-0.2, 0) is 4.74 Å². The lowest BCUT2D eigenvalue weighted by atomic mass is 10.1. The number of amides is 2. The molecule has 0 aliphatic rings. The number of rotatable bonds is 7. The number of nitrogens with zero attached hydrogens (tertiary/aromatic N) is 1. The fourth-order valence-corrected chi connectivity index (χ4v) is 2.10. The molecule has 0 aliphatic heterocycles. The van der Waals surface area contributed by atoms with E-state index < -0.39 is 0 Å². The van der Waals surface area contributed by atoms with Crippen molar-refractivity contribution in [3.05, 3.63) is 59.7 Å². The second-order valence-electron chi connectivity index (χ2n) is 5.60. The predicted octanol–water partition coefficient (Wildman–Crippen LogP) is 2.67. The fourth-order valence-electron chi connectivity index (χ4n) is 2.10. The monoisotopic (exact) mass is 342 g/mol. The molecule has 2 amide bonds.